The van der Waals surface area contributed by atoms with E-state index in [2.05, 4.69) is 0 Å². The Morgan fingerprint density at radius 2 is 1.69 bits per heavy atom. The predicted molar refractivity (Wildman–Crippen MR) is 93.6 cm³/mol. The molecule has 0 spiro atoms. The molecule has 138 valence electrons. The molecule has 0 atom stereocenters. The molecular weight excluding hydrogens is 342 g/mol. The molecule has 1 aromatic heterocycles. The highest BCUT2D eigenvalue weighted by atomic mass is 16.5. The van der Waals surface area contributed by atoms with Crippen LogP contribution < -0.4 is 21.7 Å². The highest BCUT2D eigenvalue weighted by Crippen LogP contribution is 2.13. The Bertz CT molecular complexity index is 956. The minimum Gasteiger partial charge on any atom is -0.494 e. The van der Waals surface area contributed by atoms with Crippen LogP contribution in [0.4, 0.5) is 5.82 Å². The molecule has 9 heteroatoms. The normalized spacial score (nSPS) is 10.4. The van der Waals surface area contributed by atoms with Crippen molar-refractivity contribution in [2.45, 2.75) is 6.92 Å². The average molecular weight is 361 g/mol. The van der Waals surface area contributed by atoms with Gasteiger partial charge in [0.05, 0.1) is 12.2 Å². The first-order valence-corrected chi connectivity index (χ1v) is 7.76. The number of nitrogens with two attached hydrogens (primary N) is 1. The summed E-state index contributed by atoms with van der Waals surface area (Å²) >= 11 is 0. The van der Waals surface area contributed by atoms with Gasteiger partial charge in [0.2, 0.25) is 5.78 Å². The van der Waals surface area contributed by atoms with E-state index in [1.807, 2.05) is 6.92 Å². The number of anilines is 1. The van der Waals surface area contributed by atoms with Crippen molar-refractivity contribution in [3.05, 3.63) is 56.2 Å². The van der Waals surface area contributed by atoms with Crippen LogP contribution in [-0.2, 0) is 18.8 Å². The topological polar surface area (TPSA) is 123 Å². The summed E-state index contributed by atoms with van der Waals surface area (Å²) in [4.78, 5) is 48.2. The molecule has 1 aromatic carbocycles. The van der Waals surface area contributed by atoms with Crippen molar-refractivity contribution < 1.29 is 19.1 Å². The molecule has 0 aliphatic carbocycles. The van der Waals surface area contributed by atoms with Crippen LogP contribution in [0.2, 0.25) is 0 Å². The molecule has 0 fully saturated rings. The number of rotatable bonds is 6. The molecule has 0 saturated carbocycles. The molecule has 9 nitrogen and oxygen atoms in total. The lowest BCUT2D eigenvalue weighted by atomic mass is 10.2. The molecule has 0 aliphatic heterocycles. The SMILES string of the molecule is CCOc1ccc(C(=O)OCC(=O)c2c(N)n(C)c(=O)n(C)c2=O)cc1. The number of hydrogen-bond donors (Lipinski definition) is 1. The fourth-order valence-corrected chi connectivity index (χ4v) is 2.26. The molecule has 2 rings (SSSR count). The summed E-state index contributed by atoms with van der Waals surface area (Å²) < 4.78 is 12.0. The quantitative estimate of drug-likeness (QED) is 0.572. The van der Waals surface area contributed by atoms with Crippen LogP contribution in [0.15, 0.2) is 33.9 Å². The number of ketones is 1. The number of nitrogens with zero attached hydrogens (tertiary/aromatic N) is 2. The Morgan fingerprint density at radius 3 is 2.27 bits per heavy atom. The second-order valence-corrected chi connectivity index (χ2v) is 5.42. The van der Waals surface area contributed by atoms with E-state index in [4.69, 9.17) is 15.2 Å². The van der Waals surface area contributed by atoms with Crippen LogP contribution in [0.25, 0.3) is 0 Å². The highest BCUT2D eigenvalue weighted by Gasteiger charge is 2.21. The number of nitrogen functional groups attached to an aromatic ring is 1. The van der Waals surface area contributed by atoms with Gasteiger partial charge >= 0.3 is 11.7 Å². The summed E-state index contributed by atoms with van der Waals surface area (Å²) in [6.45, 7) is 1.65. The molecule has 2 aromatic rings. The number of Topliss-reactive ketones (excluding diaryl/α,β-unsaturated/α-hetero) is 1. The van der Waals surface area contributed by atoms with Crippen LogP contribution in [0, 0.1) is 0 Å². The fraction of sp³-hybridized carbons (Fsp3) is 0.294. The maximum atomic E-state index is 12.3. The van der Waals surface area contributed by atoms with Gasteiger partial charge in [0, 0.05) is 14.1 Å². The van der Waals surface area contributed by atoms with Crippen molar-refractivity contribution in [1.82, 2.24) is 9.13 Å². The van der Waals surface area contributed by atoms with Gasteiger partial charge in [-0.25, -0.2) is 9.59 Å². The van der Waals surface area contributed by atoms with Crippen molar-refractivity contribution in [3.63, 3.8) is 0 Å². The van der Waals surface area contributed by atoms with Gasteiger partial charge in [-0.15, -0.1) is 0 Å². The third-order valence-corrected chi connectivity index (χ3v) is 3.72. The second kappa shape index (κ2) is 7.68. The molecule has 0 saturated heterocycles. The molecule has 0 radical (unpaired) electrons. The molecular formula is C17H19N3O6. The first-order valence-electron chi connectivity index (χ1n) is 7.76. The predicted octanol–water partition coefficient (Wildman–Crippen LogP) is 0.105. The minimum absolute atomic E-state index is 0.225. The van der Waals surface area contributed by atoms with E-state index >= 15 is 0 Å². The van der Waals surface area contributed by atoms with Gasteiger partial charge in [-0.3, -0.25) is 18.7 Å². The third kappa shape index (κ3) is 3.66. The van der Waals surface area contributed by atoms with E-state index in [1.54, 1.807) is 12.1 Å². The van der Waals surface area contributed by atoms with Gasteiger partial charge in [-0.2, -0.15) is 0 Å². The van der Waals surface area contributed by atoms with E-state index in [-0.39, 0.29) is 11.4 Å². The molecule has 0 aliphatic rings. The maximum absolute atomic E-state index is 12.3. The van der Waals surface area contributed by atoms with Crippen LogP contribution >= 0.6 is 0 Å². The molecule has 1 heterocycles. The summed E-state index contributed by atoms with van der Waals surface area (Å²) in [5, 5.41) is 0. The Hall–Kier alpha value is -3.36. The summed E-state index contributed by atoms with van der Waals surface area (Å²) in [6, 6.07) is 6.19. The number of hydrogen-bond acceptors (Lipinski definition) is 7. The van der Waals surface area contributed by atoms with E-state index < -0.39 is 35.2 Å². The molecule has 26 heavy (non-hydrogen) atoms. The first kappa shape index (κ1) is 19.0. The maximum Gasteiger partial charge on any atom is 0.338 e. The third-order valence-electron chi connectivity index (χ3n) is 3.72. The smallest absolute Gasteiger partial charge is 0.338 e. The van der Waals surface area contributed by atoms with Crippen LogP contribution in [0.5, 0.6) is 5.75 Å². The Morgan fingerprint density at radius 1 is 1.08 bits per heavy atom. The highest BCUT2D eigenvalue weighted by molar-refractivity contribution is 6.02. The molecule has 0 unspecified atom stereocenters. The number of ether oxygens (including phenoxy) is 2. The monoisotopic (exact) mass is 361 g/mol. The average Bonchev–Trinajstić information content (AvgIpc) is 2.64. The lowest BCUT2D eigenvalue weighted by Gasteiger charge is -2.11. The van der Waals surface area contributed by atoms with Crippen molar-refractivity contribution in [2.75, 3.05) is 18.9 Å². The van der Waals surface area contributed by atoms with E-state index in [0.717, 1.165) is 9.13 Å². The van der Waals surface area contributed by atoms with Gasteiger partial charge in [-0.05, 0) is 31.2 Å². The largest absolute Gasteiger partial charge is 0.494 e. The Balaban J connectivity index is 2.15. The van der Waals surface area contributed by atoms with E-state index in [0.29, 0.717) is 12.4 Å². The Labute approximate surface area is 148 Å². The summed E-state index contributed by atoms with van der Waals surface area (Å²) in [7, 11) is 2.56. The van der Waals surface area contributed by atoms with Gasteiger partial charge < -0.3 is 15.2 Å². The van der Waals surface area contributed by atoms with Crippen LogP contribution in [0.1, 0.15) is 27.6 Å². The number of esters is 1. The van der Waals surface area contributed by atoms with Crippen molar-refractivity contribution in [1.29, 1.82) is 0 Å². The number of carbonyl (C=O) groups is 2. The lowest BCUT2D eigenvalue weighted by molar-refractivity contribution is 0.0474. The Kier molecular flexibility index (Phi) is 5.61. The first-order chi connectivity index (χ1) is 12.3. The van der Waals surface area contributed by atoms with E-state index in [9.17, 15) is 19.2 Å². The standard InChI is InChI=1S/C17H19N3O6/c1-4-25-11-7-5-10(6-8-11)16(23)26-9-12(21)13-14(18)19(2)17(24)20(3)15(13)22/h5-8H,4,9,18H2,1-3H3. The van der Waals surface area contributed by atoms with Crippen molar-refractivity contribution in [3.8, 4) is 5.75 Å². The summed E-state index contributed by atoms with van der Waals surface area (Å²) in [6.07, 6.45) is 0. The molecule has 0 bridgehead atoms. The minimum atomic E-state index is -0.840. The second-order valence-electron chi connectivity index (χ2n) is 5.42. The lowest BCUT2D eigenvalue weighted by Crippen LogP contribution is -2.42. The zero-order valence-electron chi connectivity index (χ0n) is 14.6. The van der Waals surface area contributed by atoms with Crippen LogP contribution in [-0.4, -0.2) is 34.1 Å². The fourth-order valence-electron chi connectivity index (χ4n) is 2.26. The van der Waals surface area contributed by atoms with Gasteiger partial charge in [0.25, 0.3) is 5.56 Å². The molecule has 0 amide bonds. The summed E-state index contributed by atoms with van der Waals surface area (Å²) in [5.41, 5.74) is 4.02. The van der Waals surface area contributed by atoms with Gasteiger partial charge in [0.1, 0.15) is 17.1 Å². The van der Waals surface area contributed by atoms with E-state index in [1.165, 1.54) is 26.2 Å². The zero-order valence-corrected chi connectivity index (χ0v) is 14.6. The van der Waals surface area contributed by atoms with Crippen molar-refractivity contribution >= 4 is 17.6 Å². The number of benzene rings is 1. The van der Waals surface area contributed by atoms with Gasteiger partial charge in [0.15, 0.2) is 6.61 Å². The summed E-state index contributed by atoms with van der Waals surface area (Å²) in [5.74, 6) is -1.21. The van der Waals surface area contributed by atoms with Gasteiger partial charge in [-0.1, -0.05) is 0 Å². The van der Waals surface area contributed by atoms with Crippen LogP contribution in [0.3, 0.4) is 0 Å². The number of carbonyl (C=O) groups excluding carboxylic acids is 2. The molecule has 2 N–H and O–H groups in total. The number of aromatic nitrogens is 2. The van der Waals surface area contributed by atoms with Crippen molar-refractivity contribution in [2.24, 2.45) is 14.1 Å². The zero-order chi connectivity index (χ0) is 19.4.